The van der Waals surface area contributed by atoms with E-state index in [0.717, 1.165) is 17.0 Å². The van der Waals surface area contributed by atoms with E-state index in [-0.39, 0.29) is 23.5 Å². The first-order valence-electron chi connectivity index (χ1n) is 7.06. The maximum Gasteiger partial charge on any atom is 0.242 e. The number of amides is 1. The fraction of sp³-hybridized carbons (Fsp3) is 0.312. The molecule has 0 aliphatic carbocycles. The highest BCUT2D eigenvalue weighted by Gasteiger charge is 2.31. The van der Waals surface area contributed by atoms with Crippen molar-refractivity contribution in [2.75, 3.05) is 20.2 Å². The number of rotatable bonds is 4. The Balaban J connectivity index is 1.83. The van der Waals surface area contributed by atoms with Gasteiger partial charge in [0, 0.05) is 24.5 Å². The average Bonchev–Trinajstić information content (AvgIpc) is 3.01. The molecule has 0 spiro atoms. The van der Waals surface area contributed by atoms with Crippen LogP contribution in [0.2, 0.25) is 0 Å². The van der Waals surface area contributed by atoms with Crippen LogP contribution in [-0.4, -0.2) is 31.0 Å². The lowest BCUT2D eigenvalue weighted by molar-refractivity contribution is -0.129. The van der Waals surface area contributed by atoms with Crippen LogP contribution in [-0.2, 0) is 11.3 Å². The number of hydrogen-bond donors (Lipinski definition) is 1. The molecule has 0 unspecified atom stereocenters. The zero-order chi connectivity index (χ0) is 15.5. The van der Waals surface area contributed by atoms with Crippen molar-refractivity contribution in [3.8, 4) is 5.75 Å². The number of nitrogens with zero attached hydrogens (tertiary/aromatic N) is 1. The first-order chi connectivity index (χ1) is 10.7. The molecule has 1 N–H and O–H groups in total. The smallest absolute Gasteiger partial charge is 0.242 e. The van der Waals surface area contributed by atoms with Gasteiger partial charge in [-0.15, -0.1) is 11.3 Å². The molecule has 6 heteroatoms. The van der Waals surface area contributed by atoms with E-state index in [2.05, 4.69) is 10.2 Å². The molecule has 116 valence electrons. The van der Waals surface area contributed by atoms with Gasteiger partial charge in [0.15, 0.2) is 11.6 Å². The third-order valence-electron chi connectivity index (χ3n) is 3.73. The number of carbonyl (C=O) groups is 1. The summed E-state index contributed by atoms with van der Waals surface area (Å²) in [5, 5.41) is 4.86. The third-order valence-corrected chi connectivity index (χ3v) is 4.65. The summed E-state index contributed by atoms with van der Waals surface area (Å²) in [6, 6.07) is 8.51. The Labute approximate surface area is 132 Å². The number of methoxy groups -OCH3 is 1. The first-order valence-corrected chi connectivity index (χ1v) is 7.94. The number of hydrogen-bond acceptors (Lipinski definition) is 4. The zero-order valence-electron chi connectivity index (χ0n) is 12.2. The van der Waals surface area contributed by atoms with Gasteiger partial charge in [0.1, 0.15) is 6.04 Å². The summed E-state index contributed by atoms with van der Waals surface area (Å²) in [4.78, 5) is 15.3. The number of piperazine rings is 1. The standard InChI is InChI=1S/C16H17FN2O2S/c1-21-13-5-4-11(9-12(13)17)10-19-7-6-18-16(20)15(19)14-3-2-8-22-14/h2-5,8-9,15H,6-7,10H2,1H3,(H,18,20)/t15-/m1/s1. The zero-order valence-corrected chi connectivity index (χ0v) is 13.0. The summed E-state index contributed by atoms with van der Waals surface area (Å²) in [5.74, 6) is -0.147. The van der Waals surface area contributed by atoms with Crippen molar-refractivity contribution in [1.29, 1.82) is 0 Å². The van der Waals surface area contributed by atoms with E-state index in [9.17, 15) is 9.18 Å². The van der Waals surface area contributed by atoms with Crippen molar-refractivity contribution in [3.63, 3.8) is 0 Å². The molecule has 22 heavy (non-hydrogen) atoms. The second kappa shape index (κ2) is 6.46. The largest absolute Gasteiger partial charge is 0.494 e. The molecule has 1 fully saturated rings. The van der Waals surface area contributed by atoms with Gasteiger partial charge in [-0.3, -0.25) is 9.69 Å². The van der Waals surface area contributed by atoms with Gasteiger partial charge < -0.3 is 10.1 Å². The van der Waals surface area contributed by atoms with Gasteiger partial charge in [0.2, 0.25) is 5.91 Å². The molecule has 1 aliphatic rings. The monoisotopic (exact) mass is 320 g/mol. The molecular formula is C16H17FN2O2S. The van der Waals surface area contributed by atoms with E-state index in [1.807, 2.05) is 23.6 Å². The Morgan fingerprint density at radius 1 is 1.45 bits per heavy atom. The van der Waals surface area contributed by atoms with E-state index in [1.165, 1.54) is 13.2 Å². The SMILES string of the molecule is COc1ccc(CN2CCNC(=O)[C@H]2c2cccs2)cc1F. The third kappa shape index (κ3) is 2.98. The predicted molar refractivity (Wildman–Crippen MR) is 83.4 cm³/mol. The summed E-state index contributed by atoms with van der Waals surface area (Å²) >= 11 is 1.56. The van der Waals surface area contributed by atoms with Crippen LogP contribution in [0.4, 0.5) is 4.39 Å². The minimum Gasteiger partial charge on any atom is -0.494 e. The van der Waals surface area contributed by atoms with Crippen LogP contribution in [0.15, 0.2) is 35.7 Å². The maximum absolute atomic E-state index is 13.8. The summed E-state index contributed by atoms with van der Waals surface area (Å²) < 4.78 is 18.8. The number of carbonyl (C=O) groups excluding carboxylic acids is 1. The lowest BCUT2D eigenvalue weighted by Crippen LogP contribution is -2.49. The van der Waals surface area contributed by atoms with Gasteiger partial charge in [-0.05, 0) is 29.1 Å². The second-order valence-electron chi connectivity index (χ2n) is 5.15. The number of benzene rings is 1. The van der Waals surface area contributed by atoms with Crippen LogP contribution < -0.4 is 10.1 Å². The molecular weight excluding hydrogens is 303 g/mol. The molecule has 0 saturated carbocycles. The molecule has 0 radical (unpaired) electrons. The quantitative estimate of drug-likeness (QED) is 0.941. The van der Waals surface area contributed by atoms with Gasteiger partial charge in [-0.2, -0.15) is 0 Å². The van der Waals surface area contributed by atoms with Crippen LogP contribution in [0.1, 0.15) is 16.5 Å². The summed E-state index contributed by atoms with van der Waals surface area (Å²) in [6.45, 7) is 1.87. The molecule has 4 nitrogen and oxygen atoms in total. The Hall–Kier alpha value is -1.92. The molecule has 1 atom stereocenters. The normalized spacial score (nSPS) is 19.0. The van der Waals surface area contributed by atoms with E-state index >= 15 is 0 Å². The van der Waals surface area contributed by atoms with Crippen LogP contribution in [0.3, 0.4) is 0 Å². The van der Waals surface area contributed by atoms with Crippen LogP contribution in [0, 0.1) is 5.82 Å². The number of thiophene rings is 1. The fourth-order valence-corrected chi connectivity index (χ4v) is 3.54. The molecule has 2 aromatic rings. The Bertz CT molecular complexity index is 660. The first kappa shape index (κ1) is 15.0. The molecule has 1 aromatic carbocycles. The van der Waals surface area contributed by atoms with Gasteiger partial charge in [0.25, 0.3) is 0 Å². The topological polar surface area (TPSA) is 41.6 Å². The minimum atomic E-state index is -0.380. The lowest BCUT2D eigenvalue weighted by atomic mass is 10.1. The molecule has 1 aliphatic heterocycles. The van der Waals surface area contributed by atoms with E-state index in [0.29, 0.717) is 13.1 Å². The average molecular weight is 320 g/mol. The highest BCUT2D eigenvalue weighted by molar-refractivity contribution is 7.10. The van der Waals surface area contributed by atoms with E-state index in [1.54, 1.807) is 17.4 Å². The molecule has 3 rings (SSSR count). The van der Waals surface area contributed by atoms with Crippen molar-refractivity contribution in [2.45, 2.75) is 12.6 Å². The molecule has 1 saturated heterocycles. The Kier molecular flexibility index (Phi) is 4.40. The maximum atomic E-state index is 13.8. The van der Waals surface area contributed by atoms with Crippen molar-refractivity contribution < 1.29 is 13.9 Å². The molecule has 1 aromatic heterocycles. The van der Waals surface area contributed by atoms with E-state index < -0.39 is 0 Å². The Morgan fingerprint density at radius 3 is 3.00 bits per heavy atom. The number of ether oxygens (including phenoxy) is 1. The van der Waals surface area contributed by atoms with Crippen molar-refractivity contribution in [3.05, 3.63) is 52.0 Å². The van der Waals surface area contributed by atoms with Crippen LogP contribution in [0.5, 0.6) is 5.75 Å². The van der Waals surface area contributed by atoms with Crippen LogP contribution >= 0.6 is 11.3 Å². The van der Waals surface area contributed by atoms with Gasteiger partial charge in [-0.25, -0.2) is 4.39 Å². The molecule has 0 bridgehead atoms. The number of nitrogens with one attached hydrogen (secondary N) is 1. The van der Waals surface area contributed by atoms with Crippen molar-refractivity contribution in [1.82, 2.24) is 10.2 Å². The molecule has 2 heterocycles. The summed E-state index contributed by atoms with van der Waals surface area (Å²) in [7, 11) is 1.44. The van der Waals surface area contributed by atoms with Crippen LogP contribution in [0.25, 0.3) is 0 Å². The fourth-order valence-electron chi connectivity index (χ4n) is 2.68. The Morgan fingerprint density at radius 2 is 2.32 bits per heavy atom. The van der Waals surface area contributed by atoms with Gasteiger partial charge in [0.05, 0.1) is 7.11 Å². The summed E-state index contributed by atoms with van der Waals surface area (Å²) in [6.07, 6.45) is 0. The lowest BCUT2D eigenvalue weighted by Gasteiger charge is -2.34. The van der Waals surface area contributed by atoms with Gasteiger partial charge in [-0.1, -0.05) is 12.1 Å². The minimum absolute atomic E-state index is 0.00248. The highest BCUT2D eigenvalue weighted by atomic mass is 32.1. The van der Waals surface area contributed by atoms with Gasteiger partial charge >= 0.3 is 0 Å². The highest BCUT2D eigenvalue weighted by Crippen LogP contribution is 2.29. The second-order valence-corrected chi connectivity index (χ2v) is 6.13. The summed E-state index contributed by atoms with van der Waals surface area (Å²) in [5.41, 5.74) is 0.828. The predicted octanol–water partition coefficient (Wildman–Crippen LogP) is 2.57. The van der Waals surface area contributed by atoms with Crippen molar-refractivity contribution >= 4 is 17.2 Å². The molecule has 1 amide bonds. The number of halogens is 1. The van der Waals surface area contributed by atoms with E-state index in [4.69, 9.17) is 4.74 Å². The van der Waals surface area contributed by atoms with Crippen molar-refractivity contribution in [2.24, 2.45) is 0 Å².